The first-order valence-electron chi connectivity index (χ1n) is 4.99. The normalized spacial score (nSPS) is 10.7. The van der Waals surface area contributed by atoms with E-state index in [1.54, 1.807) is 6.07 Å². The monoisotopic (exact) mass is 303 g/mol. The van der Waals surface area contributed by atoms with Crippen molar-refractivity contribution in [3.8, 4) is 0 Å². The van der Waals surface area contributed by atoms with Crippen LogP contribution in [-0.2, 0) is 4.74 Å². The van der Waals surface area contributed by atoms with E-state index in [0.29, 0.717) is 26.0 Å². The molecule has 18 heavy (non-hydrogen) atoms. The lowest BCUT2D eigenvalue weighted by Gasteiger charge is -2.09. The summed E-state index contributed by atoms with van der Waals surface area (Å²) in [5.41, 5.74) is 1.28. The Balaban J connectivity index is 2.86. The predicted octanol–water partition coefficient (Wildman–Crippen LogP) is 4.29. The van der Waals surface area contributed by atoms with Crippen molar-refractivity contribution in [2.45, 2.75) is 6.92 Å². The van der Waals surface area contributed by atoms with Crippen molar-refractivity contribution in [3.05, 3.63) is 38.5 Å². The van der Waals surface area contributed by atoms with Gasteiger partial charge in [0, 0.05) is 5.39 Å². The smallest absolute Gasteiger partial charge is 0.356 e. The summed E-state index contributed by atoms with van der Waals surface area (Å²) in [6.07, 6.45) is 0. The van der Waals surface area contributed by atoms with Crippen LogP contribution in [0, 0.1) is 6.92 Å². The molecule has 2 aromatic rings. The maximum absolute atomic E-state index is 11.5. The standard InChI is InChI=1S/C12H8Cl3NO2/c1-5-3-7(14)11-9(10(5)15)6(13)4-8(16-11)12(17)18-2/h3-4H,1-2H3. The molecule has 0 N–H and O–H groups in total. The molecule has 3 nitrogen and oxygen atoms in total. The second-order valence-corrected chi connectivity index (χ2v) is 4.89. The van der Waals surface area contributed by atoms with Gasteiger partial charge in [-0.3, -0.25) is 0 Å². The summed E-state index contributed by atoms with van der Waals surface area (Å²) in [6, 6.07) is 3.09. The topological polar surface area (TPSA) is 39.2 Å². The first-order valence-corrected chi connectivity index (χ1v) is 6.12. The zero-order valence-electron chi connectivity index (χ0n) is 9.55. The lowest BCUT2D eigenvalue weighted by atomic mass is 10.1. The molecule has 0 aliphatic rings. The molecule has 1 aromatic heterocycles. The van der Waals surface area contributed by atoms with Crippen LogP contribution < -0.4 is 0 Å². The van der Waals surface area contributed by atoms with E-state index in [0.717, 1.165) is 5.56 Å². The van der Waals surface area contributed by atoms with Crippen LogP contribution in [0.3, 0.4) is 0 Å². The van der Waals surface area contributed by atoms with Crippen LogP contribution in [0.1, 0.15) is 16.1 Å². The number of halogens is 3. The fourth-order valence-corrected chi connectivity index (χ4v) is 2.51. The van der Waals surface area contributed by atoms with Crippen LogP contribution in [0.15, 0.2) is 12.1 Å². The Morgan fingerprint density at radius 3 is 2.50 bits per heavy atom. The Hall–Kier alpha value is -1.03. The summed E-state index contributed by atoms with van der Waals surface area (Å²) in [6.45, 7) is 1.82. The highest BCUT2D eigenvalue weighted by Gasteiger charge is 2.16. The van der Waals surface area contributed by atoms with Crippen LogP contribution in [0.2, 0.25) is 15.1 Å². The van der Waals surface area contributed by atoms with Crippen LogP contribution in [0.25, 0.3) is 10.9 Å². The van der Waals surface area contributed by atoms with Crippen molar-refractivity contribution in [1.29, 1.82) is 0 Å². The van der Waals surface area contributed by atoms with E-state index in [4.69, 9.17) is 34.8 Å². The van der Waals surface area contributed by atoms with E-state index in [1.165, 1.54) is 13.2 Å². The molecule has 6 heteroatoms. The number of hydrogen-bond acceptors (Lipinski definition) is 3. The van der Waals surface area contributed by atoms with E-state index in [9.17, 15) is 4.79 Å². The van der Waals surface area contributed by atoms with Crippen LogP contribution in [0.5, 0.6) is 0 Å². The number of aryl methyl sites for hydroxylation is 1. The third-order valence-electron chi connectivity index (χ3n) is 2.50. The number of methoxy groups -OCH3 is 1. The molecular weight excluding hydrogens is 296 g/mol. The summed E-state index contributed by atoms with van der Waals surface area (Å²) in [5.74, 6) is -0.577. The highest BCUT2D eigenvalue weighted by molar-refractivity contribution is 6.45. The average Bonchev–Trinajstić information content (AvgIpc) is 2.34. The van der Waals surface area contributed by atoms with Gasteiger partial charge >= 0.3 is 5.97 Å². The molecule has 0 spiro atoms. The number of hydrogen-bond donors (Lipinski definition) is 0. The Morgan fingerprint density at radius 2 is 1.89 bits per heavy atom. The van der Waals surface area contributed by atoms with Gasteiger partial charge in [-0.05, 0) is 24.6 Å². The lowest BCUT2D eigenvalue weighted by Crippen LogP contribution is -2.04. The molecule has 1 aromatic carbocycles. The van der Waals surface area contributed by atoms with Gasteiger partial charge in [0.25, 0.3) is 0 Å². The Kier molecular flexibility index (Phi) is 3.66. The van der Waals surface area contributed by atoms with Crippen molar-refractivity contribution >= 4 is 51.7 Å². The number of esters is 1. The molecule has 0 aliphatic carbocycles. The van der Waals surface area contributed by atoms with E-state index in [2.05, 4.69) is 9.72 Å². The Labute approximate surface area is 119 Å². The van der Waals surface area contributed by atoms with Crippen molar-refractivity contribution in [1.82, 2.24) is 4.98 Å². The number of fused-ring (bicyclic) bond motifs is 1. The van der Waals surface area contributed by atoms with E-state index in [-0.39, 0.29) is 5.69 Å². The minimum absolute atomic E-state index is 0.0943. The third-order valence-corrected chi connectivity index (χ3v) is 3.57. The summed E-state index contributed by atoms with van der Waals surface area (Å²) < 4.78 is 4.60. The SMILES string of the molecule is COC(=O)c1cc(Cl)c2c(Cl)c(C)cc(Cl)c2n1. The Bertz CT molecular complexity index is 656. The second-order valence-electron chi connectivity index (χ2n) is 3.69. The number of carbonyl (C=O) groups is 1. The van der Waals surface area contributed by atoms with E-state index >= 15 is 0 Å². The van der Waals surface area contributed by atoms with Crippen molar-refractivity contribution in [3.63, 3.8) is 0 Å². The second kappa shape index (κ2) is 4.92. The number of rotatable bonds is 1. The minimum atomic E-state index is -0.577. The van der Waals surface area contributed by atoms with E-state index < -0.39 is 5.97 Å². The summed E-state index contributed by atoms with van der Waals surface area (Å²) in [5, 5.41) is 1.72. The first kappa shape index (κ1) is 13.4. The average molecular weight is 305 g/mol. The van der Waals surface area contributed by atoms with Crippen LogP contribution >= 0.6 is 34.8 Å². The van der Waals surface area contributed by atoms with Gasteiger partial charge in [-0.1, -0.05) is 34.8 Å². The van der Waals surface area contributed by atoms with Gasteiger partial charge in [0.15, 0.2) is 5.69 Å². The van der Waals surface area contributed by atoms with Crippen molar-refractivity contribution in [2.24, 2.45) is 0 Å². The Morgan fingerprint density at radius 1 is 1.22 bits per heavy atom. The van der Waals surface area contributed by atoms with Gasteiger partial charge in [0.1, 0.15) is 0 Å². The van der Waals surface area contributed by atoms with Crippen LogP contribution in [-0.4, -0.2) is 18.1 Å². The highest BCUT2D eigenvalue weighted by atomic mass is 35.5. The molecule has 0 saturated carbocycles. The number of benzene rings is 1. The van der Waals surface area contributed by atoms with Gasteiger partial charge < -0.3 is 4.74 Å². The molecule has 0 unspecified atom stereocenters. The zero-order chi connectivity index (χ0) is 13.4. The fraction of sp³-hybridized carbons (Fsp3) is 0.167. The van der Waals surface area contributed by atoms with Gasteiger partial charge in [-0.15, -0.1) is 0 Å². The molecule has 2 rings (SSSR count). The molecule has 1 heterocycles. The van der Waals surface area contributed by atoms with Gasteiger partial charge in [0.2, 0.25) is 0 Å². The molecule has 94 valence electrons. The largest absolute Gasteiger partial charge is 0.464 e. The maximum Gasteiger partial charge on any atom is 0.356 e. The minimum Gasteiger partial charge on any atom is -0.464 e. The molecule has 0 fully saturated rings. The lowest BCUT2D eigenvalue weighted by molar-refractivity contribution is 0.0594. The van der Waals surface area contributed by atoms with Crippen molar-refractivity contribution in [2.75, 3.05) is 7.11 Å². The van der Waals surface area contributed by atoms with Gasteiger partial charge in [-0.2, -0.15) is 0 Å². The fourth-order valence-electron chi connectivity index (χ4n) is 1.62. The first-order chi connectivity index (χ1) is 8.45. The molecule has 0 radical (unpaired) electrons. The molecule has 0 atom stereocenters. The zero-order valence-corrected chi connectivity index (χ0v) is 11.8. The molecule has 0 amide bonds. The highest BCUT2D eigenvalue weighted by Crippen LogP contribution is 2.36. The predicted molar refractivity (Wildman–Crippen MR) is 72.8 cm³/mol. The third kappa shape index (κ3) is 2.14. The molecule has 0 saturated heterocycles. The number of ether oxygens (including phenoxy) is 1. The molecule has 0 bridgehead atoms. The number of pyridine rings is 1. The quantitative estimate of drug-likeness (QED) is 0.738. The number of aromatic nitrogens is 1. The van der Waals surface area contributed by atoms with Crippen molar-refractivity contribution < 1.29 is 9.53 Å². The summed E-state index contributed by atoms with van der Waals surface area (Å²) >= 11 is 18.4. The summed E-state index contributed by atoms with van der Waals surface area (Å²) in [4.78, 5) is 15.6. The molecule has 0 aliphatic heterocycles. The maximum atomic E-state index is 11.5. The van der Waals surface area contributed by atoms with Gasteiger partial charge in [-0.25, -0.2) is 9.78 Å². The number of nitrogens with zero attached hydrogens (tertiary/aromatic N) is 1. The van der Waals surface area contributed by atoms with Crippen LogP contribution in [0.4, 0.5) is 0 Å². The summed E-state index contributed by atoms with van der Waals surface area (Å²) in [7, 11) is 1.27. The van der Waals surface area contributed by atoms with Gasteiger partial charge in [0.05, 0.1) is 27.7 Å². The van der Waals surface area contributed by atoms with E-state index in [1.807, 2.05) is 6.92 Å². The number of carbonyl (C=O) groups excluding carboxylic acids is 1. The molecular formula is C12H8Cl3NO2.